The number of nitrogens with one attached hydrogen (secondary N) is 1. The number of hydrogen-bond acceptors (Lipinski definition) is 2. The van der Waals surface area contributed by atoms with Crippen molar-refractivity contribution in [2.75, 3.05) is 4.90 Å². The van der Waals surface area contributed by atoms with Crippen molar-refractivity contribution in [2.24, 2.45) is 0 Å². The summed E-state index contributed by atoms with van der Waals surface area (Å²) in [4.78, 5) is 2.19. The molecule has 5 rings (SSSR count). The van der Waals surface area contributed by atoms with Crippen LogP contribution in [0.1, 0.15) is 38.9 Å². The summed E-state index contributed by atoms with van der Waals surface area (Å²) in [5.74, 6) is 0. The molecule has 0 saturated heterocycles. The van der Waals surface area contributed by atoms with Gasteiger partial charge in [0, 0.05) is 50.2 Å². The van der Waals surface area contributed by atoms with Crippen LogP contribution in [0, 0.1) is 27.7 Å². The van der Waals surface area contributed by atoms with Gasteiger partial charge in [-0.1, -0.05) is 92.0 Å². The maximum Gasteiger partial charge on any atom is 0.0490 e. The van der Waals surface area contributed by atoms with Crippen molar-refractivity contribution in [3.63, 3.8) is 0 Å². The van der Waals surface area contributed by atoms with E-state index in [4.69, 9.17) is 0 Å². The predicted molar refractivity (Wildman–Crippen MR) is 158 cm³/mol. The molecule has 0 saturated carbocycles. The molecule has 178 valence electrons. The Morgan fingerprint density at radius 1 is 0.694 bits per heavy atom. The average Bonchev–Trinajstić information content (AvgIpc) is 2.83. The van der Waals surface area contributed by atoms with Gasteiger partial charge in [0.15, 0.2) is 0 Å². The molecule has 1 N–H and O–H groups in total. The number of nitrogens with zero attached hydrogens (tertiary/aromatic N) is 1. The summed E-state index contributed by atoms with van der Waals surface area (Å²) in [5, 5.41) is 5.53. The van der Waals surface area contributed by atoms with Crippen LogP contribution in [0.3, 0.4) is 0 Å². The second-order valence-electron chi connectivity index (χ2n) is 9.74. The average molecular weight is 469 g/mol. The number of aryl methyl sites for hydroxylation is 4. The van der Waals surface area contributed by atoms with E-state index in [1.165, 1.54) is 33.4 Å². The highest BCUT2D eigenvalue weighted by Crippen LogP contribution is 2.48. The van der Waals surface area contributed by atoms with E-state index in [9.17, 15) is 0 Å². The Balaban J connectivity index is 1.84. The maximum absolute atomic E-state index is 4.56. The van der Waals surface area contributed by atoms with Crippen molar-refractivity contribution in [2.45, 2.75) is 27.7 Å². The largest absolute Gasteiger partial charge is 0.362 e. The zero-order valence-corrected chi connectivity index (χ0v) is 21.6. The molecule has 0 fully saturated rings. The predicted octanol–water partition coefficient (Wildman–Crippen LogP) is 8.91. The van der Waals surface area contributed by atoms with E-state index < -0.39 is 0 Å². The number of anilines is 1. The van der Waals surface area contributed by atoms with Crippen molar-refractivity contribution in [1.29, 1.82) is 0 Å². The molecule has 2 heteroatoms. The van der Waals surface area contributed by atoms with E-state index in [1.807, 2.05) is 0 Å². The highest BCUT2D eigenvalue weighted by atomic mass is 15.2. The first-order valence-corrected chi connectivity index (χ1v) is 12.2. The van der Waals surface area contributed by atoms with Crippen LogP contribution in [0.15, 0.2) is 93.2 Å². The van der Waals surface area contributed by atoms with Crippen molar-refractivity contribution in [3.05, 3.63) is 132 Å². The van der Waals surface area contributed by atoms with Gasteiger partial charge in [0.1, 0.15) is 0 Å². The van der Waals surface area contributed by atoms with Crippen molar-refractivity contribution in [3.8, 4) is 11.1 Å². The van der Waals surface area contributed by atoms with Gasteiger partial charge in [-0.3, -0.25) is 0 Å². The topological polar surface area (TPSA) is 15.3 Å². The molecule has 0 aromatic heterocycles. The minimum atomic E-state index is 0.813. The Morgan fingerprint density at radius 2 is 1.25 bits per heavy atom. The standard InChI is InChI=1S/C34H32N2/c1-9-35-24(6)28-13-14-29-25(7)36(32-17-11-21(3)19-23(32)5)26(8)30-15-16-31(33(28)34(29)30)27-12-10-20(2)18-22(27)4/h9-19,35H,1,6-8H2,2-5H3. The second kappa shape index (κ2) is 8.73. The first-order valence-electron chi connectivity index (χ1n) is 12.2. The fraction of sp³-hybridized carbons (Fsp3) is 0.118. The molecule has 36 heavy (non-hydrogen) atoms. The van der Waals surface area contributed by atoms with Crippen LogP contribution in [-0.4, -0.2) is 0 Å². The molecule has 0 amide bonds. The van der Waals surface area contributed by atoms with Crippen LogP contribution in [0.25, 0.3) is 39.0 Å². The van der Waals surface area contributed by atoms with E-state index in [0.717, 1.165) is 50.2 Å². The summed E-state index contributed by atoms with van der Waals surface area (Å²) in [6, 6.07) is 21.9. The van der Waals surface area contributed by atoms with Crippen LogP contribution in [0.2, 0.25) is 0 Å². The summed E-state index contributed by atoms with van der Waals surface area (Å²) in [7, 11) is 0. The van der Waals surface area contributed by atoms with E-state index in [2.05, 4.69) is 125 Å². The van der Waals surface area contributed by atoms with Gasteiger partial charge >= 0.3 is 0 Å². The molecule has 4 aromatic rings. The first kappa shape index (κ1) is 23.4. The summed E-state index contributed by atoms with van der Waals surface area (Å²) in [6.07, 6.45) is 1.67. The molecule has 4 aromatic carbocycles. The van der Waals surface area contributed by atoms with Crippen LogP contribution in [0.5, 0.6) is 0 Å². The van der Waals surface area contributed by atoms with E-state index in [1.54, 1.807) is 6.20 Å². The molecular weight excluding hydrogens is 436 g/mol. The molecule has 2 nitrogen and oxygen atoms in total. The molecule has 0 unspecified atom stereocenters. The monoisotopic (exact) mass is 468 g/mol. The lowest BCUT2D eigenvalue weighted by atomic mass is 9.83. The van der Waals surface area contributed by atoms with Gasteiger partial charge in [-0.2, -0.15) is 0 Å². The Hall–Kier alpha value is -4.30. The van der Waals surface area contributed by atoms with Gasteiger partial charge in [-0.25, -0.2) is 0 Å². The third-order valence-electron chi connectivity index (χ3n) is 7.19. The van der Waals surface area contributed by atoms with E-state index in [-0.39, 0.29) is 0 Å². The molecule has 0 aliphatic carbocycles. The molecule has 0 bridgehead atoms. The van der Waals surface area contributed by atoms with Gasteiger partial charge in [0.2, 0.25) is 0 Å². The van der Waals surface area contributed by atoms with E-state index in [0.29, 0.717) is 0 Å². The van der Waals surface area contributed by atoms with Crippen LogP contribution < -0.4 is 10.2 Å². The lowest BCUT2D eigenvalue weighted by molar-refractivity contribution is 1.23. The van der Waals surface area contributed by atoms with Crippen molar-refractivity contribution < 1.29 is 0 Å². The smallest absolute Gasteiger partial charge is 0.0490 e. The summed E-state index contributed by atoms with van der Waals surface area (Å²) in [5.41, 5.74) is 14.4. The highest BCUT2D eigenvalue weighted by molar-refractivity contribution is 6.18. The molecule has 1 heterocycles. The summed E-state index contributed by atoms with van der Waals surface area (Å²) in [6.45, 7) is 25.9. The minimum absolute atomic E-state index is 0.813. The zero-order valence-electron chi connectivity index (χ0n) is 21.6. The Morgan fingerprint density at radius 3 is 1.86 bits per heavy atom. The van der Waals surface area contributed by atoms with Gasteiger partial charge in [0.25, 0.3) is 0 Å². The molecule has 0 radical (unpaired) electrons. The molecule has 0 atom stereocenters. The zero-order chi connectivity index (χ0) is 25.7. The summed E-state index contributed by atoms with van der Waals surface area (Å²) >= 11 is 0. The minimum Gasteiger partial charge on any atom is -0.362 e. The Bertz CT molecular complexity index is 1590. The molecule has 1 aliphatic heterocycles. The lowest BCUT2D eigenvalue weighted by Crippen LogP contribution is -2.24. The van der Waals surface area contributed by atoms with Gasteiger partial charge in [-0.05, 0) is 62.2 Å². The summed E-state index contributed by atoms with van der Waals surface area (Å²) < 4.78 is 0. The van der Waals surface area contributed by atoms with Crippen molar-refractivity contribution in [1.82, 2.24) is 5.32 Å². The van der Waals surface area contributed by atoms with Crippen LogP contribution >= 0.6 is 0 Å². The first-order chi connectivity index (χ1) is 17.2. The van der Waals surface area contributed by atoms with Crippen molar-refractivity contribution >= 4 is 33.6 Å². The van der Waals surface area contributed by atoms with Crippen LogP contribution in [0.4, 0.5) is 5.69 Å². The van der Waals surface area contributed by atoms with Gasteiger partial charge in [0.05, 0.1) is 0 Å². The SMILES string of the molecule is C=CNC(=C)c1ccc2c3c(ccc(-c4ccc(C)cc4C)c13)C(=C)N(c1ccc(C)cc1C)C2=C. The van der Waals surface area contributed by atoms with Gasteiger partial charge < -0.3 is 10.2 Å². The molecular formula is C34H32N2. The maximum atomic E-state index is 4.56. The number of benzene rings is 4. The third kappa shape index (κ3) is 3.58. The second-order valence-corrected chi connectivity index (χ2v) is 9.74. The van der Waals surface area contributed by atoms with Crippen LogP contribution in [-0.2, 0) is 0 Å². The fourth-order valence-corrected chi connectivity index (χ4v) is 5.52. The third-order valence-corrected chi connectivity index (χ3v) is 7.19. The quantitative estimate of drug-likeness (QED) is 0.314. The molecule has 1 aliphatic rings. The fourth-order valence-electron chi connectivity index (χ4n) is 5.52. The molecule has 0 spiro atoms. The number of hydrogen-bond donors (Lipinski definition) is 1. The normalized spacial score (nSPS) is 12.7. The number of rotatable bonds is 5. The van der Waals surface area contributed by atoms with Gasteiger partial charge in [-0.15, -0.1) is 0 Å². The highest BCUT2D eigenvalue weighted by Gasteiger charge is 2.29. The van der Waals surface area contributed by atoms with E-state index >= 15 is 0 Å². The Labute approximate surface area is 214 Å². The Kier molecular flexibility index (Phi) is 5.68. The lowest BCUT2D eigenvalue weighted by Gasteiger charge is -2.36.